The van der Waals surface area contributed by atoms with Crippen LogP contribution in [-0.2, 0) is 0 Å². The van der Waals surface area contributed by atoms with E-state index in [1.807, 2.05) is 0 Å². The number of carboxylic acid groups (broad SMARTS) is 1. The quantitative estimate of drug-likeness (QED) is 0.510. The number of carboxylic acids is 1. The average Bonchev–Trinajstić information content (AvgIpc) is 3.10. The third kappa shape index (κ3) is 4.69. The molecule has 3 aromatic rings. The number of hydrogen-bond donors (Lipinski definition) is 3. The Bertz CT molecular complexity index is 1060. The Hall–Kier alpha value is -2.87. The molecule has 28 heavy (non-hydrogen) atoms. The SMILES string of the molecule is O=C(O)c1ccc(NC(=O)c2ccc(Cl)s2)c(C(=O)Nc2ccc(Cl)cc2)c1. The first-order chi connectivity index (χ1) is 13.3. The summed E-state index contributed by atoms with van der Waals surface area (Å²) in [5, 5.41) is 15.0. The minimum atomic E-state index is -1.19. The molecule has 0 fully saturated rings. The summed E-state index contributed by atoms with van der Waals surface area (Å²) < 4.78 is 0.451. The van der Waals surface area contributed by atoms with Gasteiger partial charge < -0.3 is 15.7 Å². The Morgan fingerprint density at radius 1 is 0.857 bits per heavy atom. The first-order valence-corrected chi connectivity index (χ1v) is 9.41. The smallest absolute Gasteiger partial charge is 0.335 e. The van der Waals surface area contributed by atoms with Gasteiger partial charge in [-0.15, -0.1) is 11.3 Å². The summed E-state index contributed by atoms with van der Waals surface area (Å²) in [6.45, 7) is 0. The third-order valence-electron chi connectivity index (χ3n) is 3.66. The number of amides is 2. The fraction of sp³-hybridized carbons (Fsp3) is 0. The van der Waals surface area contributed by atoms with Crippen molar-refractivity contribution < 1.29 is 19.5 Å². The van der Waals surface area contributed by atoms with Crippen molar-refractivity contribution in [1.29, 1.82) is 0 Å². The topological polar surface area (TPSA) is 95.5 Å². The predicted molar refractivity (Wildman–Crippen MR) is 110 cm³/mol. The van der Waals surface area contributed by atoms with Gasteiger partial charge in [0.25, 0.3) is 11.8 Å². The van der Waals surface area contributed by atoms with Crippen molar-refractivity contribution >= 4 is 63.7 Å². The van der Waals surface area contributed by atoms with Gasteiger partial charge in [-0.3, -0.25) is 9.59 Å². The van der Waals surface area contributed by atoms with Crippen LogP contribution in [0.3, 0.4) is 0 Å². The molecule has 0 unspecified atom stereocenters. The number of aromatic carboxylic acids is 1. The van der Waals surface area contributed by atoms with E-state index in [-0.39, 0.29) is 16.8 Å². The molecule has 2 amide bonds. The average molecular weight is 435 g/mol. The molecule has 142 valence electrons. The zero-order chi connectivity index (χ0) is 20.3. The second-order valence-electron chi connectivity index (χ2n) is 5.58. The molecule has 2 aromatic carbocycles. The molecule has 0 aliphatic rings. The first-order valence-electron chi connectivity index (χ1n) is 7.84. The lowest BCUT2D eigenvalue weighted by atomic mass is 10.1. The van der Waals surface area contributed by atoms with Crippen LogP contribution in [0.5, 0.6) is 0 Å². The van der Waals surface area contributed by atoms with Gasteiger partial charge in [0, 0.05) is 10.7 Å². The van der Waals surface area contributed by atoms with E-state index in [0.29, 0.717) is 19.9 Å². The second-order valence-corrected chi connectivity index (χ2v) is 7.74. The van der Waals surface area contributed by atoms with Gasteiger partial charge in [-0.05, 0) is 54.6 Å². The number of carbonyl (C=O) groups excluding carboxylic acids is 2. The standard InChI is InChI=1S/C19H12Cl2N2O4S/c20-11-2-4-12(5-3-11)22-17(24)13-9-10(19(26)27)1-6-14(13)23-18(25)15-7-8-16(21)28-15/h1-9H,(H,22,24)(H,23,25)(H,26,27). The van der Waals surface area contributed by atoms with Crippen molar-refractivity contribution in [2.24, 2.45) is 0 Å². The molecule has 3 N–H and O–H groups in total. The predicted octanol–water partition coefficient (Wildman–Crippen LogP) is 5.26. The van der Waals surface area contributed by atoms with Crippen molar-refractivity contribution in [2.75, 3.05) is 10.6 Å². The fourth-order valence-corrected chi connectivity index (χ4v) is 3.39. The molecule has 0 saturated carbocycles. The normalized spacial score (nSPS) is 10.4. The number of nitrogens with one attached hydrogen (secondary N) is 2. The number of halogens is 2. The van der Waals surface area contributed by atoms with E-state index in [1.165, 1.54) is 18.2 Å². The van der Waals surface area contributed by atoms with Gasteiger partial charge in [0.2, 0.25) is 0 Å². The molecule has 1 heterocycles. The summed E-state index contributed by atoms with van der Waals surface area (Å²) in [5.41, 5.74) is 0.563. The summed E-state index contributed by atoms with van der Waals surface area (Å²) >= 11 is 12.8. The highest BCUT2D eigenvalue weighted by atomic mass is 35.5. The van der Waals surface area contributed by atoms with Gasteiger partial charge in [-0.1, -0.05) is 23.2 Å². The van der Waals surface area contributed by atoms with E-state index in [0.717, 1.165) is 11.3 Å². The minimum Gasteiger partial charge on any atom is -0.478 e. The summed E-state index contributed by atoms with van der Waals surface area (Å²) in [5.74, 6) is -2.23. The molecule has 9 heteroatoms. The molecule has 0 bridgehead atoms. The fourth-order valence-electron chi connectivity index (χ4n) is 2.33. The van der Waals surface area contributed by atoms with Crippen LogP contribution < -0.4 is 10.6 Å². The van der Waals surface area contributed by atoms with Crippen LogP contribution >= 0.6 is 34.5 Å². The minimum absolute atomic E-state index is 0.00542. The molecule has 1 aromatic heterocycles. The molecule has 0 radical (unpaired) electrons. The van der Waals surface area contributed by atoms with Crippen molar-refractivity contribution in [3.8, 4) is 0 Å². The molecular formula is C19H12Cl2N2O4S. The van der Waals surface area contributed by atoms with Crippen LogP contribution in [0.4, 0.5) is 11.4 Å². The maximum atomic E-state index is 12.7. The van der Waals surface area contributed by atoms with Crippen LogP contribution in [0.2, 0.25) is 9.36 Å². The zero-order valence-corrected chi connectivity index (χ0v) is 16.4. The highest BCUT2D eigenvalue weighted by Gasteiger charge is 2.18. The first kappa shape index (κ1) is 19.9. The molecule has 0 atom stereocenters. The van der Waals surface area contributed by atoms with Crippen LogP contribution in [0.1, 0.15) is 30.4 Å². The molecular weight excluding hydrogens is 423 g/mol. The van der Waals surface area contributed by atoms with E-state index in [2.05, 4.69) is 10.6 Å². The van der Waals surface area contributed by atoms with Crippen molar-refractivity contribution in [1.82, 2.24) is 0 Å². The number of carbonyl (C=O) groups is 3. The Morgan fingerprint density at radius 2 is 1.57 bits per heavy atom. The van der Waals surface area contributed by atoms with Crippen LogP contribution in [0, 0.1) is 0 Å². The number of rotatable bonds is 5. The Labute approximate surface area is 173 Å². The molecule has 3 rings (SSSR count). The highest BCUT2D eigenvalue weighted by Crippen LogP contribution is 2.25. The van der Waals surface area contributed by atoms with Gasteiger partial charge >= 0.3 is 5.97 Å². The van der Waals surface area contributed by atoms with E-state index in [9.17, 15) is 19.5 Å². The maximum absolute atomic E-state index is 12.7. The van der Waals surface area contributed by atoms with Crippen LogP contribution in [-0.4, -0.2) is 22.9 Å². The zero-order valence-electron chi connectivity index (χ0n) is 14.0. The summed E-state index contributed by atoms with van der Waals surface area (Å²) in [6, 6.07) is 13.4. The van der Waals surface area contributed by atoms with Crippen molar-refractivity contribution in [2.45, 2.75) is 0 Å². The lowest BCUT2D eigenvalue weighted by Crippen LogP contribution is -2.18. The number of thiophene rings is 1. The Balaban J connectivity index is 1.91. The van der Waals surface area contributed by atoms with E-state index < -0.39 is 17.8 Å². The summed E-state index contributed by atoms with van der Waals surface area (Å²) in [7, 11) is 0. The third-order valence-corrected chi connectivity index (χ3v) is 5.14. The second kappa shape index (κ2) is 8.43. The molecule has 0 aliphatic heterocycles. The number of anilines is 2. The van der Waals surface area contributed by atoms with Gasteiger partial charge in [0.05, 0.1) is 26.0 Å². The molecule has 0 aliphatic carbocycles. The van der Waals surface area contributed by atoms with Crippen molar-refractivity contribution in [3.05, 3.63) is 80.0 Å². The monoisotopic (exact) mass is 434 g/mol. The van der Waals surface area contributed by atoms with Gasteiger partial charge in [-0.25, -0.2) is 4.79 Å². The Morgan fingerprint density at radius 3 is 2.18 bits per heavy atom. The maximum Gasteiger partial charge on any atom is 0.335 e. The number of hydrogen-bond acceptors (Lipinski definition) is 4. The van der Waals surface area contributed by atoms with Gasteiger partial charge in [0.1, 0.15) is 0 Å². The largest absolute Gasteiger partial charge is 0.478 e. The molecule has 0 saturated heterocycles. The van der Waals surface area contributed by atoms with Crippen LogP contribution in [0.25, 0.3) is 0 Å². The summed E-state index contributed by atoms with van der Waals surface area (Å²) in [6.07, 6.45) is 0. The van der Waals surface area contributed by atoms with Crippen molar-refractivity contribution in [3.63, 3.8) is 0 Å². The highest BCUT2D eigenvalue weighted by molar-refractivity contribution is 7.18. The van der Waals surface area contributed by atoms with Gasteiger partial charge in [-0.2, -0.15) is 0 Å². The Kier molecular flexibility index (Phi) is 5.99. The van der Waals surface area contributed by atoms with Crippen LogP contribution in [0.15, 0.2) is 54.6 Å². The lowest BCUT2D eigenvalue weighted by Gasteiger charge is -2.12. The molecule has 6 nitrogen and oxygen atoms in total. The summed E-state index contributed by atoms with van der Waals surface area (Å²) in [4.78, 5) is 36.7. The number of benzene rings is 2. The van der Waals surface area contributed by atoms with Gasteiger partial charge in [0.15, 0.2) is 0 Å². The molecule has 0 spiro atoms. The van der Waals surface area contributed by atoms with E-state index >= 15 is 0 Å². The lowest BCUT2D eigenvalue weighted by molar-refractivity contribution is 0.0696. The van der Waals surface area contributed by atoms with E-state index in [1.54, 1.807) is 36.4 Å². The van der Waals surface area contributed by atoms with E-state index in [4.69, 9.17) is 23.2 Å².